The SMILES string of the molecule is CC(C)C(=O)N1CCC(F)(F)[C@H](C)C1. The number of amides is 1. The Kier molecular flexibility index (Phi) is 3.12. The van der Waals surface area contributed by atoms with Gasteiger partial charge in [-0.25, -0.2) is 8.78 Å². The molecule has 1 atom stereocenters. The molecule has 1 amide bonds. The predicted molar refractivity (Wildman–Crippen MR) is 50.1 cm³/mol. The third kappa shape index (κ3) is 2.22. The van der Waals surface area contributed by atoms with Gasteiger partial charge in [-0.2, -0.15) is 0 Å². The molecule has 1 heterocycles. The molecule has 0 spiro atoms. The van der Waals surface area contributed by atoms with Gasteiger partial charge in [0.25, 0.3) is 5.92 Å². The van der Waals surface area contributed by atoms with Crippen LogP contribution >= 0.6 is 0 Å². The second kappa shape index (κ2) is 3.83. The Labute approximate surface area is 83.3 Å². The van der Waals surface area contributed by atoms with E-state index in [1.807, 2.05) is 0 Å². The summed E-state index contributed by atoms with van der Waals surface area (Å²) in [4.78, 5) is 13.1. The van der Waals surface area contributed by atoms with Gasteiger partial charge in [0.2, 0.25) is 5.91 Å². The number of rotatable bonds is 1. The molecule has 14 heavy (non-hydrogen) atoms. The highest BCUT2D eigenvalue weighted by molar-refractivity contribution is 5.78. The number of nitrogens with zero attached hydrogens (tertiary/aromatic N) is 1. The zero-order valence-corrected chi connectivity index (χ0v) is 8.89. The molecule has 4 heteroatoms. The third-order valence-corrected chi connectivity index (χ3v) is 2.74. The van der Waals surface area contributed by atoms with E-state index >= 15 is 0 Å². The number of piperidine rings is 1. The molecular formula is C10H17F2NO. The number of carbonyl (C=O) groups is 1. The van der Waals surface area contributed by atoms with Crippen molar-refractivity contribution in [1.29, 1.82) is 0 Å². The fraction of sp³-hybridized carbons (Fsp3) is 0.900. The van der Waals surface area contributed by atoms with Crippen molar-refractivity contribution < 1.29 is 13.6 Å². The molecule has 1 aliphatic heterocycles. The molecule has 82 valence electrons. The molecule has 0 aliphatic carbocycles. The van der Waals surface area contributed by atoms with Crippen LogP contribution in [0.2, 0.25) is 0 Å². The Bertz CT molecular complexity index is 228. The maximum Gasteiger partial charge on any atom is 0.254 e. The van der Waals surface area contributed by atoms with Gasteiger partial charge in [-0.05, 0) is 0 Å². The fourth-order valence-corrected chi connectivity index (χ4v) is 1.65. The van der Waals surface area contributed by atoms with Crippen LogP contribution in [0.4, 0.5) is 8.78 Å². The summed E-state index contributed by atoms with van der Waals surface area (Å²) in [5.41, 5.74) is 0. The molecule has 1 aliphatic rings. The largest absolute Gasteiger partial charge is 0.342 e. The minimum Gasteiger partial charge on any atom is -0.342 e. The van der Waals surface area contributed by atoms with Crippen LogP contribution in [-0.4, -0.2) is 29.8 Å². The number of hydrogen-bond acceptors (Lipinski definition) is 1. The molecule has 1 rings (SSSR count). The Morgan fingerprint density at radius 2 is 2.07 bits per heavy atom. The number of carbonyl (C=O) groups excluding carboxylic acids is 1. The van der Waals surface area contributed by atoms with Gasteiger partial charge >= 0.3 is 0 Å². The van der Waals surface area contributed by atoms with Crippen LogP contribution in [0.25, 0.3) is 0 Å². The molecule has 1 saturated heterocycles. The van der Waals surface area contributed by atoms with Crippen LogP contribution < -0.4 is 0 Å². The van der Waals surface area contributed by atoms with E-state index in [0.29, 0.717) is 0 Å². The molecule has 1 fully saturated rings. The van der Waals surface area contributed by atoms with E-state index < -0.39 is 11.8 Å². The van der Waals surface area contributed by atoms with Crippen molar-refractivity contribution in [2.24, 2.45) is 11.8 Å². The van der Waals surface area contributed by atoms with Crippen molar-refractivity contribution in [3.8, 4) is 0 Å². The number of hydrogen-bond donors (Lipinski definition) is 0. The zero-order chi connectivity index (χ0) is 10.9. The smallest absolute Gasteiger partial charge is 0.254 e. The van der Waals surface area contributed by atoms with E-state index in [1.54, 1.807) is 18.7 Å². The maximum absolute atomic E-state index is 13.1. The van der Waals surface area contributed by atoms with Gasteiger partial charge in [0.1, 0.15) is 0 Å². The second-order valence-corrected chi connectivity index (χ2v) is 4.35. The summed E-state index contributed by atoms with van der Waals surface area (Å²) in [6.07, 6.45) is -0.202. The van der Waals surface area contributed by atoms with E-state index in [9.17, 15) is 13.6 Å². The normalized spacial score (nSPS) is 26.7. The molecule has 0 saturated carbocycles. The van der Waals surface area contributed by atoms with Crippen molar-refractivity contribution >= 4 is 5.91 Å². The molecule has 0 aromatic rings. The Hall–Kier alpha value is -0.670. The minimum atomic E-state index is -2.60. The monoisotopic (exact) mass is 205 g/mol. The Balaban J connectivity index is 2.59. The highest BCUT2D eigenvalue weighted by atomic mass is 19.3. The van der Waals surface area contributed by atoms with Gasteiger partial charge in [0.05, 0.1) is 0 Å². The van der Waals surface area contributed by atoms with E-state index in [4.69, 9.17) is 0 Å². The van der Waals surface area contributed by atoms with Crippen molar-refractivity contribution in [2.45, 2.75) is 33.1 Å². The molecule has 0 aromatic carbocycles. The van der Waals surface area contributed by atoms with Crippen LogP contribution in [0.3, 0.4) is 0 Å². The van der Waals surface area contributed by atoms with E-state index in [-0.39, 0.29) is 31.3 Å². The van der Waals surface area contributed by atoms with E-state index in [2.05, 4.69) is 0 Å². The summed E-state index contributed by atoms with van der Waals surface area (Å²) in [5.74, 6) is -3.45. The van der Waals surface area contributed by atoms with Gasteiger partial charge in [-0.1, -0.05) is 20.8 Å². The van der Waals surface area contributed by atoms with Gasteiger partial charge in [0.15, 0.2) is 0 Å². The standard InChI is InChI=1S/C10H17F2NO/c1-7(2)9(14)13-5-4-10(11,12)8(3)6-13/h7-8H,4-6H2,1-3H3/t8-/m1/s1. The Morgan fingerprint density at radius 3 is 2.50 bits per heavy atom. The van der Waals surface area contributed by atoms with Gasteiger partial charge in [0, 0.05) is 31.3 Å². The summed E-state index contributed by atoms with van der Waals surface area (Å²) < 4.78 is 26.2. The lowest BCUT2D eigenvalue weighted by molar-refractivity contribution is -0.146. The summed E-state index contributed by atoms with van der Waals surface area (Å²) in [7, 11) is 0. The minimum absolute atomic E-state index is 0.0210. The molecule has 0 bridgehead atoms. The quantitative estimate of drug-likeness (QED) is 0.642. The summed E-state index contributed by atoms with van der Waals surface area (Å²) in [6, 6.07) is 0. The molecule has 0 N–H and O–H groups in total. The average molecular weight is 205 g/mol. The highest BCUT2D eigenvalue weighted by Gasteiger charge is 2.42. The lowest BCUT2D eigenvalue weighted by atomic mass is 9.94. The maximum atomic E-state index is 13.1. The molecule has 2 nitrogen and oxygen atoms in total. The third-order valence-electron chi connectivity index (χ3n) is 2.74. The lowest BCUT2D eigenvalue weighted by Crippen LogP contribution is -2.49. The first kappa shape index (κ1) is 11.4. The van der Waals surface area contributed by atoms with Crippen LogP contribution in [0.15, 0.2) is 0 Å². The van der Waals surface area contributed by atoms with Gasteiger partial charge in [-0.15, -0.1) is 0 Å². The summed E-state index contributed by atoms with van der Waals surface area (Å²) in [6.45, 7) is 5.46. The zero-order valence-electron chi connectivity index (χ0n) is 8.89. The van der Waals surface area contributed by atoms with E-state index in [1.165, 1.54) is 6.92 Å². The topological polar surface area (TPSA) is 20.3 Å². The number of alkyl halides is 2. The first-order valence-electron chi connectivity index (χ1n) is 5.01. The van der Waals surface area contributed by atoms with Crippen LogP contribution in [0.1, 0.15) is 27.2 Å². The molecular weight excluding hydrogens is 188 g/mol. The van der Waals surface area contributed by atoms with Gasteiger partial charge < -0.3 is 4.90 Å². The van der Waals surface area contributed by atoms with E-state index in [0.717, 1.165) is 0 Å². The summed E-state index contributed by atoms with van der Waals surface area (Å²) >= 11 is 0. The predicted octanol–water partition coefficient (Wildman–Crippen LogP) is 2.15. The number of halogens is 2. The first-order valence-corrected chi connectivity index (χ1v) is 5.01. The van der Waals surface area contributed by atoms with Crippen molar-refractivity contribution in [2.75, 3.05) is 13.1 Å². The first-order chi connectivity index (χ1) is 6.34. The average Bonchev–Trinajstić information content (AvgIpc) is 2.08. The Morgan fingerprint density at radius 1 is 1.50 bits per heavy atom. The summed E-state index contributed by atoms with van der Waals surface area (Å²) in [5, 5.41) is 0. The number of likely N-dealkylation sites (tertiary alicyclic amines) is 1. The van der Waals surface area contributed by atoms with Gasteiger partial charge in [-0.3, -0.25) is 4.79 Å². The van der Waals surface area contributed by atoms with Crippen LogP contribution in [0, 0.1) is 11.8 Å². The second-order valence-electron chi connectivity index (χ2n) is 4.35. The fourth-order valence-electron chi connectivity index (χ4n) is 1.65. The van der Waals surface area contributed by atoms with Crippen molar-refractivity contribution in [1.82, 2.24) is 4.90 Å². The molecule has 0 aromatic heterocycles. The van der Waals surface area contributed by atoms with Crippen LogP contribution in [-0.2, 0) is 4.79 Å². The van der Waals surface area contributed by atoms with Crippen LogP contribution in [0.5, 0.6) is 0 Å². The lowest BCUT2D eigenvalue weighted by Gasteiger charge is -2.37. The highest BCUT2D eigenvalue weighted by Crippen LogP contribution is 2.33. The van der Waals surface area contributed by atoms with Crippen molar-refractivity contribution in [3.05, 3.63) is 0 Å². The van der Waals surface area contributed by atoms with Crippen molar-refractivity contribution in [3.63, 3.8) is 0 Å². The molecule has 0 unspecified atom stereocenters. The molecule has 0 radical (unpaired) electrons.